The lowest BCUT2D eigenvalue weighted by Crippen LogP contribution is -2.42. The molecule has 1 fully saturated rings. The first-order chi connectivity index (χ1) is 13.9. The Balaban J connectivity index is 1.47. The van der Waals surface area contributed by atoms with Gasteiger partial charge in [-0.3, -0.25) is 14.4 Å². The van der Waals surface area contributed by atoms with Crippen LogP contribution in [0.3, 0.4) is 0 Å². The van der Waals surface area contributed by atoms with Gasteiger partial charge in [0.25, 0.3) is 11.5 Å². The fourth-order valence-electron chi connectivity index (χ4n) is 3.43. The fourth-order valence-corrected chi connectivity index (χ4v) is 3.43. The van der Waals surface area contributed by atoms with E-state index in [9.17, 15) is 23.2 Å². The van der Waals surface area contributed by atoms with E-state index in [1.165, 1.54) is 18.6 Å². The quantitative estimate of drug-likeness (QED) is 0.770. The summed E-state index contributed by atoms with van der Waals surface area (Å²) in [5.41, 5.74) is 0.0227. The number of halogens is 2. The predicted molar refractivity (Wildman–Crippen MR) is 101 cm³/mol. The van der Waals surface area contributed by atoms with Gasteiger partial charge in [-0.2, -0.15) is 0 Å². The molecule has 29 heavy (non-hydrogen) atoms. The van der Waals surface area contributed by atoms with Crippen LogP contribution in [-0.2, 0) is 11.3 Å². The zero-order valence-corrected chi connectivity index (χ0v) is 15.8. The molecule has 1 unspecified atom stereocenters. The van der Waals surface area contributed by atoms with Crippen molar-refractivity contribution in [3.05, 3.63) is 63.8 Å². The van der Waals surface area contributed by atoms with Gasteiger partial charge in [0, 0.05) is 32.3 Å². The number of amides is 2. The number of aromatic amines is 1. The summed E-state index contributed by atoms with van der Waals surface area (Å²) in [5.74, 6) is -2.27. The number of aromatic nitrogens is 2. The van der Waals surface area contributed by atoms with Gasteiger partial charge in [-0.05, 0) is 42.9 Å². The van der Waals surface area contributed by atoms with Gasteiger partial charge in [-0.15, -0.1) is 0 Å². The van der Waals surface area contributed by atoms with Crippen molar-refractivity contribution in [3.8, 4) is 0 Å². The molecule has 1 aliphatic heterocycles. The van der Waals surface area contributed by atoms with Crippen molar-refractivity contribution in [3.63, 3.8) is 0 Å². The molecule has 1 aromatic carbocycles. The first-order valence-electron chi connectivity index (χ1n) is 9.46. The van der Waals surface area contributed by atoms with Gasteiger partial charge in [-0.1, -0.05) is 6.07 Å². The maximum atomic E-state index is 13.2. The number of benzene rings is 1. The third kappa shape index (κ3) is 5.46. The van der Waals surface area contributed by atoms with E-state index in [2.05, 4.69) is 15.3 Å². The smallest absolute Gasteiger partial charge is 0.263 e. The highest BCUT2D eigenvalue weighted by Gasteiger charge is 2.26. The fraction of sp³-hybridized carbons (Fsp3) is 0.400. The SMILES string of the molecule is O=C(CCC1CCCN(C(=O)c2cnc[nH]c2=O)C1)NCc1ccc(F)c(F)c1. The summed E-state index contributed by atoms with van der Waals surface area (Å²) in [5, 5.41) is 2.69. The summed E-state index contributed by atoms with van der Waals surface area (Å²) in [6, 6.07) is 3.50. The third-order valence-electron chi connectivity index (χ3n) is 5.01. The summed E-state index contributed by atoms with van der Waals surface area (Å²) >= 11 is 0. The molecule has 7 nitrogen and oxygen atoms in total. The van der Waals surface area contributed by atoms with Crippen molar-refractivity contribution in [1.29, 1.82) is 0 Å². The molecule has 154 valence electrons. The van der Waals surface area contributed by atoms with Crippen LogP contribution in [0.2, 0.25) is 0 Å². The number of hydrogen-bond acceptors (Lipinski definition) is 4. The van der Waals surface area contributed by atoms with Gasteiger partial charge in [0.15, 0.2) is 11.6 Å². The predicted octanol–water partition coefficient (Wildman–Crippen LogP) is 2.00. The summed E-state index contributed by atoms with van der Waals surface area (Å²) in [4.78, 5) is 44.2. The average Bonchev–Trinajstić information content (AvgIpc) is 2.73. The van der Waals surface area contributed by atoms with E-state index < -0.39 is 17.2 Å². The molecule has 1 atom stereocenters. The molecule has 1 aliphatic rings. The molecule has 2 amide bonds. The van der Waals surface area contributed by atoms with E-state index in [0.717, 1.165) is 25.0 Å². The topological polar surface area (TPSA) is 95.2 Å². The summed E-state index contributed by atoms with van der Waals surface area (Å²) in [7, 11) is 0. The third-order valence-corrected chi connectivity index (χ3v) is 5.01. The Labute approximate surface area is 166 Å². The number of carbonyl (C=O) groups excluding carboxylic acids is 2. The molecule has 0 bridgehead atoms. The lowest BCUT2D eigenvalue weighted by atomic mass is 9.93. The highest BCUT2D eigenvalue weighted by Crippen LogP contribution is 2.22. The van der Waals surface area contributed by atoms with Crippen LogP contribution in [0.1, 0.15) is 41.6 Å². The van der Waals surface area contributed by atoms with Crippen molar-refractivity contribution >= 4 is 11.8 Å². The van der Waals surface area contributed by atoms with E-state index in [4.69, 9.17) is 0 Å². The number of hydrogen-bond donors (Lipinski definition) is 2. The first-order valence-corrected chi connectivity index (χ1v) is 9.46. The summed E-state index contributed by atoms with van der Waals surface area (Å²) in [6.07, 6.45) is 5.04. The van der Waals surface area contributed by atoms with Gasteiger partial charge < -0.3 is 15.2 Å². The largest absolute Gasteiger partial charge is 0.352 e. The Hall–Kier alpha value is -3.10. The van der Waals surface area contributed by atoms with Gasteiger partial charge in [-0.25, -0.2) is 13.8 Å². The molecule has 2 N–H and O–H groups in total. The van der Waals surface area contributed by atoms with Gasteiger partial charge in [0.05, 0.1) is 6.33 Å². The van der Waals surface area contributed by atoms with Crippen molar-refractivity contribution in [2.75, 3.05) is 13.1 Å². The van der Waals surface area contributed by atoms with Gasteiger partial charge >= 0.3 is 0 Å². The number of H-pyrrole nitrogens is 1. The monoisotopic (exact) mass is 404 g/mol. The van der Waals surface area contributed by atoms with E-state index >= 15 is 0 Å². The van der Waals surface area contributed by atoms with Crippen LogP contribution in [-0.4, -0.2) is 39.8 Å². The van der Waals surface area contributed by atoms with Crippen LogP contribution in [0.4, 0.5) is 8.78 Å². The molecule has 1 saturated heterocycles. The summed E-state index contributed by atoms with van der Waals surface area (Å²) < 4.78 is 26.1. The van der Waals surface area contributed by atoms with Crippen LogP contribution in [0.15, 0.2) is 35.5 Å². The lowest BCUT2D eigenvalue weighted by Gasteiger charge is -2.32. The Morgan fingerprint density at radius 3 is 2.86 bits per heavy atom. The van der Waals surface area contributed by atoms with Crippen LogP contribution >= 0.6 is 0 Å². The molecule has 0 aliphatic carbocycles. The second-order valence-electron chi connectivity index (χ2n) is 7.12. The summed E-state index contributed by atoms with van der Waals surface area (Å²) in [6.45, 7) is 1.16. The van der Waals surface area contributed by atoms with Gasteiger partial charge in [0.2, 0.25) is 5.91 Å². The van der Waals surface area contributed by atoms with Crippen molar-refractivity contribution < 1.29 is 18.4 Å². The minimum absolute atomic E-state index is 0.0115. The van der Waals surface area contributed by atoms with E-state index in [1.807, 2.05) is 0 Å². The number of rotatable bonds is 6. The molecular weight excluding hydrogens is 382 g/mol. The molecule has 9 heteroatoms. The highest BCUT2D eigenvalue weighted by molar-refractivity contribution is 5.93. The van der Waals surface area contributed by atoms with Crippen LogP contribution < -0.4 is 10.9 Å². The Bertz CT molecular complexity index is 947. The number of likely N-dealkylation sites (tertiary alicyclic amines) is 1. The maximum absolute atomic E-state index is 13.2. The Morgan fingerprint density at radius 1 is 1.28 bits per heavy atom. The first kappa shape index (κ1) is 20.6. The molecule has 0 spiro atoms. The van der Waals surface area contributed by atoms with Crippen molar-refractivity contribution in [1.82, 2.24) is 20.2 Å². The normalized spacial score (nSPS) is 16.5. The lowest BCUT2D eigenvalue weighted by molar-refractivity contribution is -0.121. The average molecular weight is 404 g/mol. The molecule has 1 aromatic heterocycles. The number of nitrogens with zero attached hydrogens (tertiary/aromatic N) is 2. The zero-order valence-electron chi connectivity index (χ0n) is 15.8. The maximum Gasteiger partial charge on any atom is 0.263 e. The number of carbonyl (C=O) groups is 2. The van der Waals surface area contributed by atoms with E-state index in [1.54, 1.807) is 4.90 Å². The van der Waals surface area contributed by atoms with Crippen molar-refractivity contribution in [2.24, 2.45) is 5.92 Å². The second-order valence-corrected chi connectivity index (χ2v) is 7.12. The standard InChI is InChI=1S/C20H22F2N4O3/c21-16-5-3-14(8-17(16)22)9-24-18(27)6-4-13-2-1-7-26(11-13)20(29)15-10-23-12-25-19(15)28/h3,5,8,10,12-13H,1-2,4,6-7,9,11H2,(H,24,27)(H,23,25,28). The molecule has 0 radical (unpaired) electrons. The Kier molecular flexibility index (Phi) is 6.69. The number of piperidine rings is 1. The van der Waals surface area contributed by atoms with Crippen molar-refractivity contribution in [2.45, 2.75) is 32.2 Å². The number of nitrogens with one attached hydrogen (secondary N) is 2. The second kappa shape index (κ2) is 9.40. The van der Waals surface area contributed by atoms with Crippen LogP contribution in [0, 0.1) is 17.6 Å². The van der Waals surface area contributed by atoms with E-state index in [0.29, 0.717) is 25.1 Å². The van der Waals surface area contributed by atoms with Crippen LogP contribution in [0.5, 0.6) is 0 Å². The van der Waals surface area contributed by atoms with E-state index in [-0.39, 0.29) is 36.3 Å². The highest BCUT2D eigenvalue weighted by atomic mass is 19.2. The van der Waals surface area contributed by atoms with Gasteiger partial charge in [0.1, 0.15) is 5.56 Å². The van der Waals surface area contributed by atoms with Crippen LogP contribution in [0.25, 0.3) is 0 Å². The minimum Gasteiger partial charge on any atom is -0.352 e. The minimum atomic E-state index is -0.948. The molecule has 2 aromatic rings. The molecule has 2 heterocycles. The Morgan fingerprint density at radius 2 is 2.10 bits per heavy atom. The zero-order chi connectivity index (χ0) is 20.8. The molecule has 3 rings (SSSR count). The molecule has 0 saturated carbocycles. The molecular formula is C20H22F2N4O3.